The molecule has 0 spiro atoms. The molecule has 142 valence electrons. The van der Waals surface area contributed by atoms with Crippen LogP contribution in [0.4, 0.5) is 18.9 Å². The highest BCUT2D eigenvalue weighted by molar-refractivity contribution is 7.93. The highest BCUT2D eigenvalue weighted by Crippen LogP contribution is 2.34. The van der Waals surface area contributed by atoms with Crippen molar-refractivity contribution in [1.82, 2.24) is 4.90 Å². The first-order valence-corrected chi connectivity index (χ1v) is 8.98. The summed E-state index contributed by atoms with van der Waals surface area (Å²) < 4.78 is 64.1. The van der Waals surface area contributed by atoms with Gasteiger partial charge in [-0.1, -0.05) is 18.2 Å². The number of hydrogen-bond acceptors (Lipinski definition) is 5. The molecule has 25 heavy (non-hydrogen) atoms. The standard InChI is InChI=1S/C15H21F3N2O4S/c1-14(22,15(16,17)18)13(21)20(12-8-5-4-6-9-12)25(23,24)11-7-10-19(2)3/h4-6,8-9,22H,7,10-11H2,1-3H3. The van der Waals surface area contributed by atoms with Gasteiger partial charge in [-0.2, -0.15) is 13.2 Å². The third kappa shape index (κ3) is 5.16. The first-order chi connectivity index (χ1) is 11.3. The maximum Gasteiger partial charge on any atom is 0.426 e. The van der Waals surface area contributed by atoms with Gasteiger partial charge in [0.05, 0.1) is 11.4 Å². The van der Waals surface area contributed by atoms with E-state index in [-0.39, 0.29) is 23.3 Å². The monoisotopic (exact) mass is 382 g/mol. The van der Waals surface area contributed by atoms with Crippen molar-refractivity contribution < 1.29 is 31.5 Å². The molecule has 0 aromatic heterocycles. The third-order valence-corrected chi connectivity index (χ3v) is 5.17. The van der Waals surface area contributed by atoms with Gasteiger partial charge in [0, 0.05) is 0 Å². The first kappa shape index (κ1) is 21.4. The third-order valence-electron chi connectivity index (χ3n) is 3.43. The van der Waals surface area contributed by atoms with Crippen molar-refractivity contribution in [3.8, 4) is 0 Å². The van der Waals surface area contributed by atoms with Crippen LogP contribution >= 0.6 is 0 Å². The molecule has 1 atom stereocenters. The van der Waals surface area contributed by atoms with Crippen LogP contribution in [0.15, 0.2) is 30.3 Å². The van der Waals surface area contributed by atoms with Crippen LogP contribution in [0.5, 0.6) is 0 Å². The number of aliphatic hydroxyl groups is 1. The Morgan fingerprint density at radius 1 is 1.16 bits per heavy atom. The number of rotatable bonds is 7. The zero-order valence-corrected chi connectivity index (χ0v) is 14.9. The lowest BCUT2D eigenvalue weighted by Crippen LogP contribution is -2.58. The van der Waals surface area contributed by atoms with E-state index in [0.29, 0.717) is 6.54 Å². The molecule has 1 unspecified atom stereocenters. The summed E-state index contributed by atoms with van der Waals surface area (Å²) in [6.07, 6.45) is -5.21. The van der Waals surface area contributed by atoms with Crippen molar-refractivity contribution in [3.05, 3.63) is 30.3 Å². The molecular weight excluding hydrogens is 361 g/mol. The lowest BCUT2D eigenvalue weighted by molar-refractivity contribution is -0.243. The van der Waals surface area contributed by atoms with Gasteiger partial charge in [0.1, 0.15) is 0 Å². The Balaban J connectivity index is 3.30. The van der Waals surface area contributed by atoms with Crippen molar-refractivity contribution in [3.63, 3.8) is 0 Å². The number of carbonyl (C=O) groups is 1. The predicted octanol–water partition coefficient (Wildman–Crippen LogP) is 1.61. The van der Waals surface area contributed by atoms with E-state index in [0.717, 1.165) is 0 Å². The summed E-state index contributed by atoms with van der Waals surface area (Å²) >= 11 is 0. The molecule has 0 heterocycles. The van der Waals surface area contributed by atoms with E-state index in [1.807, 2.05) is 0 Å². The summed E-state index contributed by atoms with van der Waals surface area (Å²) in [5.41, 5.74) is -4.10. The molecule has 1 aromatic rings. The van der Waals surface area contributed by atoms with Crippen LogP contribution < -0.4 is 4.31 Å². The minimum absolute atomic E-state index is 0.0378. The Morgan fingerprint density at radius 3 is 2.12 bits per heavy atom. The second-order valence-electron chi connectivity index (χ2n) is 5.95. The topological polar surface area (TPSA) is 77.9 Å². The molecule has 0 bridgehead atoms. The number of carbonyl (C=O) groups excluding carboxylic acids is 1. The van der Waals surface area contributed by atoms with E-state index >= 15 is 0 Å². The van der Waals surface area contributed by atoms with Crippen LogP contribution in [0.25, 0.3) is 0 Å². The van der Waals surface area contributed by atoms with Crippen LogP contribution in [0.3, 0.4) is 0 Å². The number of nitrogens with zero attached hydrogens (tertiary/aromatic N) is 2. The average Bonchev–Trinajstić information content (AvgIpc) is 2.46. The molecule has 0 aliphatic rings. The van der Waals surface area contributed by atoms with Crippen molar-refractivity contribution in [2.24, 2.45) is 0 Å². The van der Waals surface area contributed by atoms with Crippen molar-refractivity contribution in [2.75, 3.05) is 30.7 Å². The molecule has 10 heteroatoms. The van der Waals surface area contributed by atoms with Gasteiger partial charge in [-0.15, -0.1) is 0 Å². The number of hydrogen-bond donors (Lipinski definition) is 1. The minimum atomic E-state index is -5.32. The van der Waals surface area contributed by atoms with Gasteiger partial charge < -0.3 is 10.0 Å². The maximum atomic E-state index is 13.0. The van der Waals surface area contributed by atoms with Gasteiger partial charge in [-0.25, -0.2) is 12.7 Å². The van der Waals surface area contributed by atoms with E-state index < -0.39 is 33.5 Å². The summed E-state index contributed by atoms with van der Waals surface area (Å²) in [7, 11) is -0.998. The Kier molecular flexibility index (Phi) is 6.60. The van der Waals surface area contributed by atoms with Crippen molar-refractivity contribution in [2.45, 2.75) is 25.1 Å². The van der Waals surface area contributed by atoms with Crippen LogP contribution in [0, 0.1) is 0 Å². The fourth-order valence-electron chi connectivity index (χ4n) is 1.94. The second-order valence-corrected chi connectivity index (χ2v) is 7.89. The number of halogens is 3. The highest BCUT2D eigenvalue weighted by Gasteiger charge is 2.59. The molecule has 0 fully saturated rings. The van der Waals surface area contributed by atoms with Gasteiger partial charge in [0.25, 0.3) is 5.91 Å². The van der Waals surface area contributed by atoms with Crippen molar-refractivity contribution in [1.29, 1.82) is 0 Å². The molecule has 0 aliphatic carbocycles. The summed E-state index contributed by atoms with van der Waals surface area (Å²) in [6.45, 7) is 0.603. The molecule has 0 saturated heterocycles. The second kappa shape index (κ2) is 7.71. The fraction of sp³-hybridized carbons (Fsp3) is 0.533. The summed E-state index contributed by atoms with van der Waals surface area (Å²) in [5, 5.41) is 9.64. The van der Waals surface area contributed by atoms with Crippen LogP contribution in [-0.2, 0) is 14.8 Å². The molecule has 0 radical (unpaired) electrons. The lowest BCUT2D eigenvalue weighted by Gasteiger charge is -2.31. The molecule has 1 rings (SSSR count). The summed E-state index contributed by atoms with van der Waals surface area (Å²) in [6, 6.07) is 6.66. The number of amides is 1. The smallest absolute Gasteiger partial charge is 0.373 e. The maximum absolute atomic E-state index is 13.0. The van der Waals surface area contributed by atoms with E-state index in [1.54, 1.807) is 19.0 Å². The van der Waals surface area contributed by atoms with Crippen LogP contribution in [0.2, 0.25) is 0 Å². The average molecular weight is 382 g/mol. The molecule has 0 saturated carbocycles. The van der Waals surface area contributed by atoms with Gasteiger partial charge in [-0.3, -0.25) is 4.79 Å². The van der Waals surface area contributed by atoms with E-state index in [1.165, 1.54) is 30.3 Å². The van der Waals surface area contributed by atoms with E-state index in [2.05, 4.69) is 0 Å². The fourth-order valence-corrected chi connectivity index (χ4v) is 3.49. The molecule has 6 nitrogen and oxygen atoms in total. The largest absolute Gasteiger partial charge is 0.426 e. The van der Waals surface area contributed by atoms with E-state index in [4.69, 9.17) is 0 Å². The number of sulfonamides is 1. The zero-order valence-electron chi connectivity index (χ0n) is 14.1. The molecule has 1 aromatic carbocycles. The molecular formula is C15H21F3N2O4S. The minimum Gasteiger partial charge on any atom is -0.373 e. The zero-order chi connectivity index (χ0) is 19.5. The van der Waals surface area contributed by atoms with Gasteiger partial charge in [-0.05, 0) is 46.1 Å². The molecule has 1 amide bonds. The Hall–Kier alpha value is -1.65. The number of para-hydroxylation sites is 1. The Labute approximate surface area is 144 Å². The predicted molar refractivity (Wildman–Crippen MR) is 87.6 cm³/mol. The lowest BCUT2D eigenvalue weighted by atomic mass is 10.1. The number of anilines is 1. The summed E-state index contributed by atoms with van der Waals surface area (Å²) in [4.78, 5) is 14.0. The van der Waals surface area contributed by atoms with E-state index in [9.17, 15) is 31.5 Å². The number of alkyl halides is 3. The Morgan fingerprint density at radius 2 is 1.68 bits per heavy atom. The van der Waals surface area contributed by atoms with Crippen LogP contribution in [-0.4, -0.2) is 62.5 Å². The number of benzene rings is 1. The van der Waals surface area contributed by atoms with Gasteiger partial charge in [0.15, 0.2) is 0 Å². The highest BCUT2D eigenvalue weighted by atomic mass is 32.2. The van der Waals surface area contributed by atoms with Gasteiger partial charge >= 0.3 is 6.18 Å². The summed E-state index contributed by atoms with van der Waals surface area (Å²) in [5.74, 6) is -2.50. The Bertz CT molecular complexity index is 688. The molecule has 1 N–H and O–H groups in total. The first-order valence-electron chi connectivity index (χ1n) is 7.37. The van der Waals surface area contributed by atoms with Crippen LogP contribution in [0.1, 0.15) is 13.3 Å². The SMILES string of the molecule is CN(C)CCCS(=O)(=O)N(C(=O)C(C)(O)C(F)(F)F)c1ccccc1. The normalized spacial score (nSPS) is 15.0. The molecule has 0 aliphatic heterocycles. The van der Waals surface area contributed by atoms with Crippen molar-refractivity contribution >= 4 is 21.6 Å². The van der Waals surface area contributed by atoms with Gasteiger partial charge in [0.2, 0.25) is 15.6 Å². The quantitative estimate of drug-likeness (QED) is 0.775.